The van der Waals surface area contributed by atoms with Crippen LogP contribution in [0.4, 0.5) is 0 Å². The van der Waals surface area contributed by atoms with Crippen molar-refractivity contribution in [3.8, 4) is 0 Å². The smallest absolute Gasteiger partial charge is 0.0950 e. The minimum Gasteiger partial charge on any atom is -0.393 e. The van der Waals surface area contributed by atoms with E-state index in [9.17, 15) is 5.11 Å². The van der Waals surface area contributed by atoms with Crippen molar-refractivity contribution in [2.75, 3.05) is 0 Å². The van der Waals surface area contributed by atoms with E-state index in [2.05, 4.69) is 11.9 Å². The van der Waals surface area contributed by atoms with E-state index >= 15 is 0 Å². The van der Waals surface area contributed by atoms with Crippen LogP contribution in [-0.4, -0.2) is 16.2 Å². The first-order chi connectivity index (χ1) is 6.83. The minimum atomic E-state index is -0.196. The highest BCUT2D eigenvalue weighted by Crippen LogP contribution is 2.12. The Balaban J connectivity index is 2.07. The van der Waals surface area contributed by atoms with Gasteiger partial charge in [0.15, 0.2) is 0 Å². The second-order valence-corrected chi connectivity index (χ2v) is 4.61. The van der Waals surface area contributed by atoms with E-state index < -0.39 is 0 Å². The molecule has 1 rings (SSSR count). The fourth-order valence-electron chi connectivity index (χ4n) is 1.46. The van der Waals surface area contributed by atoms with Crippen LogP contribution in [0.1, 0.15) is 44.0 Å². The lowest BCUT2D eigenvalue weighted by molar-refractivity contribution is 0.161. The number of aliphatic hydroxyl groups is 1. The van der Waals surface area contributed by atoms with Crippen LogP contribution >= 0.6 is 11.3 Å². The monoisotopic (exact) mass is 213 g/mol. The van der Waals surface area contributed by atoms with Crippen molar-refractivity contribution in [2.45, 2.75) is 51.6 Å². The standard InChI is InChI=1S/C11H19NOS/c1-2-3-4-5-6-10(13)9-11-12-7-8-14-11/h7-8,10,13H,2-6,9H2,1H3. The molecule has 1 N–H and O–H groups in total. The van der Waals surface area contributed by atoms with E-state index in [4.69, 9.17) is 0 Å². The highest BCUT2D eigenvalue weighted by atomic mass is 32.1. The van der Waals surface area contributed by atoms with Gasteiger partial charge < -0.3 is 5.11 Å². The van der Waals surface area contributed by atoms with Crippen molar-refractivity contribution in [3.05, 3.63) is 16.6 Å². The predicted octanol–water partition coefficient (Wildman–Crippen LogP) is 3.02. The zero-order valence-electron chi connectivity index (χ0n) is 8.78. The van der Waals surface area contributed by atoms with E-state index in [-0.39, 0.29) is 6.10 Å². The van der Waals surface area contributed by atoms with Gasteiger partial charge in [-0.15, -0.1) is 11.3 Å². The van der Waals surface area contributed by atoms with E-state index in [1.807, 2.05) is 5.38 Å². The topological polar surface area (TPSA) is 33.1 Å². The summed E-state index contributed by atoms with van der Waals surface area (Å²) in [7, 11) is 0. The molecule has 1 aromatic rings. The molecule has 0 aromatic carbocycles. The summed E-state index contributed by atoms with van der Waals surface area (Å²) in [5.41, 5.74) is 0. The molecule has 0 amide bonds. The Bertz CT molecular complexity index is 223. The predicted molar refractivity (Wildman–Crippen MR) is 60.6 cm³/mol. The van der Waals surface area contributed by atoms with Crippen molar-refractivity contribution in [1.82, 2.24) is 4.98 Å². The lowest BCUT2D eigenvalue weighted by atomic mass is 10.1. The molecular weight excluding hydrogens is 194 g/mol. The summed E-state index contributed by atoms with van der Waals surface area (Å²) in [5, 5.41) is 12.7. The zero-order valence-corrected chi connectivity index (χ0v) is 9.59. The van der Waals surface area contributed by atoms with Crippen molar-refractivity contribution in [2.24, 2.45) is 0 Å². The highest BCUT2D eigenvalue weighted by Gasteiger charge is 2.06. The number of rotatable bonds is 7. The van der Waals surface area contributed by atoms with Gasteiger partial charge in [0.1, 0.15) is 0 Å². The summed E-state index contributed by atoms with van der Waals surface area (Å²) in [6, 6.07) is 0. The number of aliphatic hydroxyl groups excluding tert-OH is 1. The maximum Gasteiger partial charge on any atom is 0.0950 e. The van der Waals surface area contributed by atoms with Gasteiger partial charge in [-0.25, -0.2) is 4.98 Å². The molecule has 0 fully saturated rings. The summed E-state index contributed by atoms with van der Waals surface area (Å²) >= 11 is 1.62. The van der Waals surface area contributed by atoms with Gasteiger partial charge in [-0.1, -0.05) is 32.6 Å². The average molecular weight is 213 g/mol. The largest absolute Gasteiger partial charge is 0.393 e. The quantitative estimate of drug-likeness (QED) is 0.706. The van der Waals surface area contributed by atoms with Gasteiger partial charge in [0.25, 0.3) is 0 Å². The molecule has 1 unspecified atom stereocenters. The third-order valence-corrected chi connectivity index (χ3v) is 3.09. The first kappa shape index (κ1) is 11.7. The number of unbranched alkanes of at least 4 members (excludes halogenated alkanes) is 3. The Labute approximate surface area is 90.0 Å². The Morgan fingerprint density at radius 1 is 1.43 bits per heavy atom. The van der Waals surface area contributed by atoms with Gasteiger partial charge in [-0.2, -0.15) is 0 Å². The number of aromatic nitrogens is 1. The summed E-state index contributed by atoms with van der Waals surface area (Å²) in [6.07, 6.45) is 8.16. The van der Waals surface area contributed by atoms with Crippen molar-refractivity contribution in [1.29, 1.82) is 0 Å². The Morgan fingerprint density at radius 2 is 2.29 bits per heavy atom. The van der Waals surface area contributed by atoms with Crippen molar-refractivity contribution >= 4 is 11.3 Å². The van der Waals surface area contributed by atoms with Gasteiger partial charge in [0.2, 0.25) is 0 Å². The summed E-state index contributed by atoms with van der Waals surface area (Å²) in [4.78, 5) is 4.16. The van der Waals surface area contributed by atoms with Crippen LogP contribution in [-0.2, 0) is 6.42 Å². The fourth-order valence-corrected chi connectivity index (χ4v) is 2.15. The molecule has 0 aliphatic carbocycles. The molecule has 80 valence electrons. The maximum absolute atomic E-state index is 9.69. The molecule has 2 nitrogen and oxygen atoms in total. The van der Waals surface area contributed by atoms with Gasteiger partial charge in [-0.05, 0) is 6.42 Å². The Kier molecular flexibility index (Phi) is 5.80. The van der Waals surface area contributed by atoms with Crippen LogP contribution in [0, 0.1) is 0 Å². The number of hydrogen-bond donors (Lipinski definition) is 1. The van der Waals surface area contributed by atoms with Gasteiger partial charge in [0.05, 0.1) is 11.1 Å². The second kappa shape index (κ2) is 6.96. The second-order valence-electron chi connectivity index (χ2n) is 3.63. The van der Waals surface area contributed by atoms with E-state index in [1.165, 1.54) is 19.3 Å². The van der Waals surface area contributed by atoms with E-state index in [1.54, 1.807) is 17.5 Å². The molecule has 0 aliphatic rings. The van der Waals surface area contributed by atoms with Crippen LogP contribution in [0.15, 0.2) is 11.6 Å². The molecule has 1 aromatic heterocycles. The van der Waals surface area contributed by atoms with Crippen LogP contribution < -0.4 is 0 Å². The molecule has 3 heteroatoms. The Morgan fingerprint density at radius 3 is 2.93 bits per heavy atom. The molecule has 0 aliphatic heterocycles. The maximum atomic E-state index is 9.69. The molecule has 0 saturated heterocycles. The summed E-state index contributed by atoms with van der Waals surface area (Å²) < 4.78 is 0. The van der Waals surface area contributed by atoms with Gasteiger partial charge in [0, 0.05) is 18.0 Å². The molecule has 0 bridgehead atoms. The van der Waals surface area contributed by atoms with E-state index in [0.717, 1.165) is 24.3 Å². The fraction of sp³-hybridized carbons (Fsp3) is 0.727. The number of hydrogen-bond acceptors (Lipinski definition) is 3. The van der Waals surface area contributed by atoms with Crippen LogP contribution in [0.2, 0.25) is 0 Å². The first-order valence-electron chi connectivity index (χ1n) is 5.39. The van der Waals surface area contributed by atoms with Crippen molar-refractivity contribution < 1.29 is 5.11 Å². The third kappa shape index (κ3) is 4.72. The van der Waals surface area contributed by atoms with Gasteiger partial charge in [-0.3, -0.25) is 0 Å². The lowest BCUT2D eigenvalue weighted by Crippen LogP contribution is -2.09. The molecule has 0 radical (unpaired) electrons. The normalized spacial score (nSPS) is 13.0. The highest BCUT2D eigenvalue weighted by molar-refractivity contribution is 7.09. The third-order valence-electron chi connectivity index (χ3n) is 2.28. The Hall–Kier alpha value is -0.410. The summed E-state index contributed by atoms with van der Waals surface area (Å²) in [5.74, 6) is 0. The average Bonchev–Trinajstić information content (AvgIpc) is 2.65. The molecular formula is C11H19NOS. The van der Waals surface area contributed by atoms with Crippen LogP contribution in [0.25, 0.3) is 0 Å². The van der Waals surface area contributed by atoms with Crippen LogP contribution in [0.3, 0.4) is 0 Å². The van der Waals surface area contributed by atoms with E-state index in [0.29, 0.717) is 0 Å². The van der Waals surface area contributed by atoms with Crippen molar-refractivity contribution in [3.63, 3.8) is 0 Å². The van der Waals surface area contributed by atoms with Crippen LogP contribution in [0.5, 0.6) is 0 Å². The zero-order chi connectivity index (χ0) is 10.2. The number of thiazole rings is 1. The number of nitrogens with zero attached hydrogens (tertiary/aromatic N) is 1. The summed E-state index contributed by atoms with van der Waals surface area (Å²) in [6.45, 7) is 2.20. The molecule has 0 spiro atoms. The van der Waals surface area contributed by atoms with Gasteiger partial charge >= 0.3 is 0 Å². The molecule has 1 heterocycles. The molecule has 14 heavy (non-hydrogen) atoms. The minimum absolute atomic E-state index is 0.196. The molecule has 1 atom stereocenters. The first-order valence-corrected chi connectivity index (χ1v) is 6.27. The SMILES string of the molecule is CCCCCCC(O)Cc1nccs1. The molecule has 0 saturated carbocycles. The lowest BCUT2D eigenvalue weighted by Gasteiger charge is -2.07.